The number of aromatic nitrogens is 1. The van der Waals surface area contributed by atoms with Crippen LogP contribution in [0.5, 0.6) is 0 Å². The van der Waals surface area contributed by atoms with Gasteiger partial charge < -0.3 is 5.32 Å². The van der Waals surface area contributed by atoms with E-state index in [0.29, 0.717) is 0 Å². The Morgan fingerprint density at radius 2 is 2.12 bits per heavy atom. The number of nitrogens with zero attached hydrogens (tertiary/aromatic N) is 1. The van der Waals surface area contributed by atoms with Gasteiger partial charge in [0, 0.05) is 28.4 Å². The Morgan fingerprint density at radius 1 is 1.31 bits per heavy atom. The largest absolute Gasteiger partial charge is 0.306 e. The van der Waals surface area contributed by atoms with E-state index < -0.39 is 0 Å². The summed E-state index contributed by atoms with van der Waals surface area (Å²) in [4.78, 5) is 4.62. The maximum absolute atomic E-state index is 4.62. The Labute approximate surface area is 104 Å². The van der Waals surface area contributed by atoms with Crippen molar-refractivity contribution >= 4 is 22.7 Å². The molecule has 0 aliphatic rings. The van der Waals surface area contributed by atoms with E-state index in [2.05, 4.69) is 53.3 Å². The standard InChI is InChI=1S/C12H16N2S2/c1-12(2,3)13-6-10-8-16-11(14-10)9-4-5-15-7-9/h4-5,7-8,13H,6H2,1-3H3. The first kappa shape index (κ1) is 11.8. The van der Waals surface area contributed by atoms with Crippen molar-refractivity contribution in [2.45, 2.75) is 32.9 Å². The number of nitrogens with one attached hydrogen (secondary N) is 1. The summed E-state index contributed by atoms with van der Waals surface area (Å²) in [6.07, 6.45) is 0. The average Bonchev–Trinajstić information content (AvgIpc) is 2.84. The van der Waals surface area contributed by atoms with Crippen molar-refractivity contribution in [3.8, 4) is 10.6 Å². The van der Waals surface area contributed by atoms with Crippen LogP contribution in [-0.2, 0) is 6.54 Å². The lowest BCUT2D eigenvalue weighted by atomic mass is 10.1. The molecule has 0 unspecified atom stereocenters. The van der Waals surface area contributed by atoms with Crippen molar-refractivity contribution in [2.75, 3.05) is 0 Å². The van der Waals surface area contributed by atoms with Crippen LogP contribution < -0.4 is 5.32 Å². The number of rotatable bonds is 3. The predicted octanol–water partition coefficient (Wildman–Crippen LogP) is 3.76. The van der Waals surface area contributed by atoms with E-state index in [4.69, 9.17) is 0 Å². The molecule has 0 aromatic carbocycles. The van der Waals surface area contributed by atoms with Crippen LogP contribution in [-0.4, -0.2) is 10.5 Å². The molecule has 0 spiro atoms. The molecule has 0 bridgehead atoms. The molecule has 0 saturated carbocycles. The molecule has 0 atom stereocenters. The number of thiophene rings is 1. The number of thiazole rings is 1. The molecule has 2 aromatic heterocycles. The van der Waals surface area contributed by atoms with Crippen molar-refractivity contribution in [1.29, 1.82) is 0 Å². The number of hydrogen-bond donors (Lipinski definition) is 1. The molecule has 0 radical (unpaired) electrons. The molecule has 0 saturated heterocycles. The molecular weight excluding hydrogens is 236 g/mol. The molecule has 0 amide bonds. The van der Waals surface area contributed by atoms with Crippen molar-refractivity contribution in [2.24, 2.45) is 0 Å². The third-order valence-electron chi connectivity index (χ3n) is 2.12. The fraction of sp³-hybridized carbons (Fsp3) is 0.417. The Hall–Kier alpha value is -0.710. The van der Waals surface area contributed by atoms with Crippen molar-refractivity contribution in [3.05, 3.63) is 27.9 Å². The van der Waals surface area contributed by atoms with Crippen LogP contribution in [0.4, 0.5) is 0 Å². The van der Waals surface area contributed by atoms with Gasteiger partial charge in [-0.1, -0.05) is 0 Å². The Bertz CT molecular complexity index is 438. The van der Waals surface area contributed by atoms with Gasteiger partial charge in [-0.15, -0.1) is 11.3 Å². The quantitative estimate of drug-likeness (QED) is 0.899. The van der Waals surface area contributed by atoms with Crippen LogP contribution >= 0.6 is 22.7 Å². The molecular formula is C12H16N2S2. The first-order chi connectivity index (χ1) is 7.54. The van der Waals surface area contributed by atoms with Crippen molar-refractivity contribution < 1.29 is 0 Å². The molecule has 0 fully saturated rings. The summed E-state index contributed by atoms with van der Waals surface area (Å²) in [7, 11) is 0. The second-order valence-electron chi connectivity index (χ2n) is 4.76. The fourth-order valence-corrected chi connectivity index (χ4v) is 2.79. The third-order valence-corrected chi connectivity index (χ3v) is 3.74. The van der Waals surface area contributed by atoms with Gasteiger partial charge in [0.25, 0.3) is 0 Å². The first-order valence-electron chi connectivity index (χ1n) is 5.26. The van der Waals surface area contributed by atoms with Gasteiger partial charge >= 0.3 is 0 Å². The zero-order valence-electron chi connectivity index (χ0n) is 9.78. The molecule has 0 aliphatic carbocycles. The van der Waals surface area contributed by atoms with E-state index in [0.717, 1.165) is 17.2 Å². The average molecular weight is 252 g/mol. The monoisotopic (exact) mass is 252 g/mol. The van der Waals surface area contributed by atoms with Crippen LogP contribution in [0.25, 0.3) is 10.6 Å². The van der Waals surface area contributed by atoms with Gasteiger partial charge in [-0.3, -0.25) is 0 Å². The zero-order chi connectivity index (χ0) is 11.6. The third kappa shape index (κ3) is 3.14. The molecule has 2 rings (SSSR count). The lowest BCUT2D eigenvalue weighted by Gasteiger charge is -2.19. The highest BCUT2D eigenvalue weighted by molar-refractivity contribution is 7.14. The van der Waals surface area contributed by atoms with E-state index in [9.17, 15) is 0 Å². The summed E-state index contributed by atoms with van der Waals surface area (Å²) in [5, 5.41) is 10.9. The highest BCUT2D eigenvalue weighted by Crippen LogP contribution is 2.25. The van der Waals surface area contributed by atoms with Crippen LogP contribution in [0.15, 0.2) is 22.2 Å². The lowest BCUT2D eigenvalue weighted by molar-refractivity contribution is 0.422. The van der Waals surface area contributed by atoms with E-state index >= 15 is 0 Å². The molecule has 4 heteroatoms. The van der Waals surface area contributed by atoms with Gasteiger partial charge in [-0.2, -0.15) is 11.3 Å². The van der Waals surface area contributed by atoms with Gasteiger partial charge in [0.15, 0.2) is 0 Å². The van der Waals surface area contributed by atoms with Gasteiger partial charge in [0.2, 0.25) is 0 Å². The molecule has 16 heavy (non-hydrogen) atoms. The maximum Gasteiger partial charge on any atom is 0.124 e. The summed E-state index contributed by atoms with van der Waals surface area (Å²) < 4.78 is 0. The molecule has 2 nitrogen and oxygen atoms in total. The predicted molar refractivity (Wildman–Crippen MR) is 72.0 cm³/mol. The van der Waals surface area contributed by atoms with Gasteiger partial charge in [-0.25, -0.2) is 4.98 Å². The fourth-order valence-electron chi connectivity index (χ4n) is 1.26. The number of hydrogen-bond acceptors (Lipinski definition) is 4. The molecule has 1 N–H and O–H groups in total. The topological polar surface area (TPSA) is 24.9 Å². The maximum atomic E-state index is 4.62. The van der Waals surface area contributed by atoms with E-state index in [1.165, 1.54) is 5.56 Å². The minimum Gasteiger partial charge on any atom is -0.306 e. The van der Waals surface area contributed by atoms with Crippen LogP contribution in [0.2, 0.25) is 0 Å². The molecule has 2 heterocycles. The van der Waals surface area contributed by atoms with Crippen molar-refractivity contribution in [1.82, 2.24) is 10.3 Å². The van der Waals surface area contributed by atoms with E-state index in [1.54, 1.807) is 22.7 Å². The van der Waals surface area contributed by atoms with E-state index in [-0.39, 0.29) is 5.54 Å². The smallest absolute Gasteiger partial charge is 0.124 e. The minimum atomic E-state index is 0.145. The van der Waals surface area contributed by atoms with Gasteiger partial charge in [0.1, 0.15) is 5.01 Å². The minimum absolute atomic E-state index is 0.145. The van der Waals surface area contributed by atoms with E-state index in [1.807, 2.05) is 0 Å². The Kier molecular flexibility index (Phi) is 3.42. The zero-order valence-corrected chi connectivity index (χ0v) is 11.4. The summed E-state index contributed by atoms with van der Waals surface area (Å²) >= 11 is 3.43. The van der Waals surface area contributed by atoms with Crippen molar-refractivity contribution in [3.63, 3.8) is 0 Å². The van der Waals surface area contributed by atoms with Gasteiger partial charge in [0.05, 0.1) is 5.69 Å². The Balaban J connectivity index is 2.03. The van der Waals surface area contributed by atoms with Crippen LogP contribution in [0, 0.1) is 0 Å². The van der Waals surface area contributed by atoms with Crippen LogP contribution in [0.3, 0.4) is 0 Å². The van der Waals surface area contributed by atoms with Crippen LogP contribution in [0.1, 0.15) is 26.5 Å². The normalized spacial score (nSPS) is 11.9. The molecule has 0 aliphatic heterocycles. The highest BCUT2D eigenvalue weighted by Gasteiger charge is 2.10. The molecule has 2 aromatic rings. The summed E-state index contributed by atoms with van der Waals surface area (Å²) in [5.41, 5.74) is 2.50. The SMILES string of the molecule is CC(C)(C)NCc1csc(-c2ccsc2)n1. The first-order valence-corrected chi connectivity index (χ1v) is 7.09. The summed E-state index contributed by atoms with van der Waals surface area (Å²) in [6.45, 7) is 7.33. The van der Waals surface area contributed by atoms with Gasteiger partial charge in [-0.05, 0) is 32.2 Å². The Morgan fingerprint density at radius 3 is 2.75 bits per heavy atom. The lowest BCUT2D eigenvalue weighted by Crippen LogP contribution is -2.35. The highest BCUT2D eigenvalue weighted by atomic mass is 32.1. The second-order valence-corrected chi connectivity index (χ2v) is 6.40. The molecule has 86 valence electrons. The summed E-state index contributed by atoms with van der Waals surface area (Å²) in [5.74, 6) is 0. The summed E-state index contributed by atoms with van der Waals surface area (Å²) in [6, 6.07) is 2.12. The second kappa shape index (κ2) is 4.65.